The lowest BCUT2D eigenvalue weighted by molar-refractivity contribution is 0.0690. The average Bonchev–Trinajstić information content (AvgIpc) is 2.03. The van der Waals surface area contributed by atoms with Gasteiger partial charge in [0.05, 0.1) is 0 Å². The normalized spacial score (nSPS) is 9.75. The number of hydrogen-bond acceptors (Lipinski definition) is 3. The first kappa shape index (κ1) is 8.93. The number of aromatic carboxylic acids is 1. The molecule has 0 spiro atoms. The largest absolute Gasteiger partial charge is 0.507 e. The van der Waals surface area contributed by atoms with E-state index < -0.39 is 5.97 Å². The Morgan fingerprint density at radius 2 is 2.17 bits per heavy atom. The molecule has 4 heteroatoms. The molecule has 0 aliphatic carbocycles. The maximum atomic E-state index is 10.6. The third-order valence-corrected chi connectivity index (χ3v) is 2.22. The zero-order valence-electron chi connectivity index (χ0n) is 6.44. The summed E-state index contributed by atoms with van der Waals surface area (Å²) in [5, 5.41) is 17.9. The van der Waals surface area contributed by atoms with Gasteiger partial charge in [-0.3, -0.25) is 0 Å². The van der Waals surface area contributed by atoms with Gasteiger partial charge in [-0.2, -0.15) is 0 Å². The fourth-order valence-electron chi connectivity index (χ4n) is 0.905. The van der Waals surface area contributed by atoms with Crippen LogP contribution in [0.25, 0.3) is 0 Å². The number of aromatic hydroxyl groups is 1. The molecule has 3 nitrogen and oxygen atoms in total. The molecule has 1 aromatic rings. The Kier molecular flexibility index (Phi) is 2.60. The molecule has 0 unspecified atom stereocenters. The van der Waals surface area contributed by atoms with Crippen molar-refractivity contribution in [3.63, 3.8) is 0 Å². The van der Waals surface area contributed by atoms with E-state index in [0.717, 1.165) is 0 Å². The molecule has 0 aliphatic rings. The van der Waals surface area contributed by atoms with E-state index >= 15 is 0 Å². The second-order valence-electron chi connectivity index (χ2n) is 2.16. The Morgan fingerprint density at radius 3 is 2.58 bits per heavy atom. The molecule has 0 saturated carbocycles. The minimum Gasteiger partial charge on any atom is -0.507 e. The van der Waals surface area contributed by atoms with Crippen molar-refractivity contribution in [2.75, 3.05) is 6.26 Å². The summed E-state index contributed by atoms with van der Waals surface area (Å²) in [6.07, 6.45) is 1.77. The number of benzene rings is 1. The lowest BCUT2D eigenvalue weighted by Gasteiger charge is -2.03. The van der Waals surface area contributed by atoms with Gasteiger partial charge in [0, 0.05) is 4.90 Å². The van der Waals surface area contributed by atoms with Gasteiger partial charge in [0.1, 0.15) is 11.3 Å². The van der Waals surface area contributed by atoms with Gasteiger partial charge in [-0.05, 0) is 18.4 Å². The van der Waals surface area contributed by atoms with E-state index in [4.69, 9.17) is 5.11 Å². The fourth-order valence-corrected chi connectivity index (χ4v) is 1.52. The molecule has 0 aromatic heterocycles. The quantitative estimate of drug-likeness (QED) is 0.688. The van der Waals surface area contributed by atoms with Gasteiger partial charge in [-0.25, -0.2) is 4.79 Å². The molecule has 0 radical (unpaired) electrons. The van der Waals surface area contributed by atoms with E-state index in [1.807, 2.05) is 0 Å². The third kappa shape index (κ3) is 1.53. The average molecular weight is 184 g/mol. The Balaban J connectivity index is 3.29. The predicted octanol–water partition coefficient (Wildman–Crippen LogP) is 1.81. The number of rotatable bonds is 2. The van der Waals surface area contributed by atoms with Crippen molar-refractivity contribution in [3.8, 4) is 5.75 Å². The molecule has 64 valence electrons. The van der Waals surface area contributed by atoms with Crippen LogP contribution in [0.2, 0.25) is 0 Å². The van der Waals surface area contributed by atoms with Crippen molar-refractivity contribution in [2.24, 2.45) is 0 Å². The lowest BCUT2D eigenvalue weighted by atomic mass is 10.2. The standard InChI is InChI=1S/C8H8O3S/c1-12-6-4-2-3-5(9)7(6)8(10)11/h2-4,9H,1H3,(H,10,11). The molecular formula is C8H8O3S. The molecule has 12 heavy (non-hydrogen) atoms. The summed E-state index contributed by atoms with van der Waals surface area (Å²) in [5.41, 5.74) is -0.0231. The topological polar surface area (TPSA) is 57.5 Å². The van der Waals surface area contributed by atoms with Gasteiger partial charge in [-0.15, -0.1) is 11.8 Å². The van der Waals surface area contributed by atoms with Gasteiger partial charge in [0.2, 0.25) is 0 Å². The number of hydrogen-bond donors (Lipinski definition) is 2. The zero-order valence-corrected chi connectivity index (χ0v) is 7.26. The molecule has 0 amide bonds. The van der Waals surface area contributed by atoms with E-state index in [9.17, 15) is 9.90 Å². The van der Waals surface area contributed by atoms with Crippen molar-refractivity contribution < 1.29 is 15.0 Å². The Hall–Kier alpha value is -1.16. The number of phenols is 1. The van der Waals surface area contributed by atoms with Crippen LogP contribution in [0, 0.1) is 0 Å². The van der Waals surface area contributed by atoms with Gasteiger partial charge in [-0.1, -0.05) is 6.07 Å². The summed E-state index contributed by atoms with van der Waals surface area (Å²) in [4.78, 5) is 11.2. The van der Waals surface area contributed by atoms with Crippen LogP contribution in [0.3, 0.4) is 0 Å². The highest BCUT2D eigenvalue weighted by Crippen LogP contribution is 2.27. The summed E-state index contributed by atoms with van der Waals surface area (Å²) in [5.74, 6) is -1.29. The third-order valence-electron chi connectivity index (χ3n) is 1.44. The highest BCUT2D eigenvalue weighted by molar-refractivity contribution is 7.98. The summed E-state index contributed by atoms with van der Waals surface area (Å²) >= 11 is 1.30. The van der Waals surface area contributed by atoms with E-state index in [-0.39, 0.29) is 11.3 Å². The molecule has 2 N–H and O–H groups in total. The van der Waals surface area contributed by atoms with Crippen LogP contribution in [0.4, 0.5) is 0 Å². The predicted molar refractivity (Wildman–Crippen MR) is 46.8 cm³/mol. The van der Waals surface area contributed by atoms with Crippen molar-refractivity contribution in [1.82, 2.24) is 0 Å². The fraction of sp³-hybridized carbons (Fsp3) is 0.125. The smallest absolute Gasteiger partial charge is 0.340 e. The van der Waals surface area contributed by atoms with Crippen molar-refractivity contribution in [3.05, 3.63) is 23.8 Å². The number of carboxylic acids is 1. The molecule has 1 aromatic carbocycles. The maximum absolute atomic E-state index is 10.6. The first-order valence-corrected chi connectivity index (χ1v) is 4.48. The maximum Gasteiger partial charge on any atom is 0.340 e. The van der Waals surface area contributed by atoms with Gasteiger partial charge >= 0.3 is 5.97 Å². The van der Waals surface area contributed by atoms with Gasteiger partial charge in [0.15, 0.2) is 0 Å². The summed E-state index contributed by atoms with van der Waals surface area (Å²) in [6.45, 7) is 0. The second-order valence-corrected chi connectivity index (χ2v) is 3.01. The Morgan fingerprint density at radius 1 is 1.50 bits per heavy atom. The van der Waals surface area contributed by atoms with E-state index in [1.54, 1.807) is 18.4 Å². The monoisotopic (exact) mass is 184 g/mol. The van der Waals surface area contributed by atoms with Crippen molar-refractivity contribution in [2.45, 2.75) is 4.90 Å². The first-order chi connectivity index (χ1) is 5.66. The zero-order chi connectivity index (χ0) is 9.14. The number of carboxylic acid groups (broad SMARTS) is 1. The lowest BCUT2D eigenvalue weighted by Crippen LogP contribution is -1.98. The van der Waals surface area contributed by atoms with Crippen molar-refractivity contribution >= 4 is 17.7 Å². The van der Waals surface area contributed by atoms with Crippen LogP contribution >= 0.6 is 11.8 Å². The molecule has 0 heterocycles. The number of carbonyl (C=O) groups is 1. The highest BCUT2D eigenvalue weighted by Gasteiger charge is 2.13. The van der Waals surface area contributed by atoms with Crippen LogP contribution in [-0.2, 0) is 0 Å². The van der Waals surface area contributed by atoms with Gasteiger partial charge in [0.25, 0.3) is 0 Å². The summed E-state index contributed by atoms with van der Waals surface area (Å²) in [7, 11) is 0. The Bertz CT molecular complexity index is 309. The minimum absolute atomic E-state index is 0.0231. The highest BCUT2D eigenvalue weighted by atomic mass is 32.2. The van der Waals surface area contributed by atoms with Crippen molar-refractivity contribution in [1.29, 1.82) is 0 Å². The minimum atomic E-state index is -1.10. The van der Waals surface area contributed by atoms with Gasteiger partial charge < -0.3 is 10.2 Å². The van der Waals surface area contributed by atoms with Crippen LogP contribution in [0.5, 0.6) is 5.75 Å². The molecule has 0 aliphatic heterocycles. The van der Waals surface area contributed by atoms with Crippen LogP contribution in [-0.4, -0.2) is 22.4 Å². The van der Waals surface area contributed by atoms with Crippen LogP contribution in [0.15, 0.2) is 23.1 Å². The first-order valence-electron chi connectivity index (χ1n) is 3.26. The van der Waals surface area contributed by atoms with E-state index in [1.165, 1.54) is 17.8 Å². The Labute approximate surface area is 74.0 Å². The molecule has 0 bridgehead atoms. The molecule has 0 atom stereocenters. The van der Waals surface area contributed by atoms with E-state index in [0.29, 0.717) is 4.90 Å². The molecule has 0 fully saturated rings. The summed E-state index contributed by atoms with van der Waals surface area (Å²) in [6, 6.07) is 4.64. The molecule has 0 saturated heterocycles. The van der Waals surface area contributed by atoms with Crippen LogP contribution < -0.4 is 0 Å². The molecular weight excluding hydrogens is 176 g/mol. The SMILES string of the molecule is CSc1cccc(O)c1C(=O)O. The summed E-state index contributed by atoms with van der Waals surface area (Å²) < 4.78 is 0. The second kappa shape index (κ2) is 3.49. The molecule has 1 rings (SSSR count). The van der Waals surface area contributed by atoms with Crippen LogP contribution in [0.1, 0.15) is 10.4 Å². The number of thioether (sulfide) groups is 1. The van der Waals surface area contributed by atoms with E-state index in [2.05, 4.69) is 0 Å².